The molecule has 0 aromatic heterocycles. The number of nitriles is 1. The summed E-state index contributed by atoms with van der Waals surface area (Å²) in [5, 5.41) is 12.2. The average Bonchev–Trinajstić information content (AvgIpc) is 2.48. The van der Waals surface area contributed by atoms with Gasteiger partial charge in [-0.15, -0.1) is 0 Å². The van der Waals surface area contributed by atoms with Gasteiger partial charge in [0, 0.05) is 13.3 Å². The highest BCUT2D eigenvalue weighted by molar-refractivity contribution is 5.87. The number of nitrogens with zero attached hydrogens (tertiary/aromatic N) is 2. The van der Waals surface area contributed by atoms with E-state index in [1.807, 2.05) is 0 Å². The molecule has 0 N–H and O–H groups in total. The molecule has 4 heteroatoms. The van der Waals surface area contributed by atoms with Crippen LogP contribution in [0.25, 0.3) is 0 Å². The molecule has 1 unspecified atom stereocenters. The Morgan fingerprint density at radius 2 is 2.58 bits per heavy atom. The van der Waals surface area contributed by atoms with E-state index in [4.69, 9.17) is 5.26 Å². The van der Waals surface area contributed by atoms with Crippen LogP contribution in [0.4, 0.5) is 0 Å². The molecule has 4 nitrogen and oxygen atoms in total. The van der Waals surface area contributed by atoms with Crippen LogP contribution in [-0.2, 0) is 9.63 Å². The van der Waals surface area contributed by atoms with Gasteiger partial charge >= 0.3 is 5.97 Å². The molecular formula is C8H10N2O2. The standard InChI is InChI=1S/C8H10N2O2/c1-6(11)12-10-8-3-2-7(4-8)5-9/h7H,2-4H2,1H3/b10-8+. The molecule has 1 aliphatic rings. The van der Waals surface area contributed by atoms with Crippen LogP contribution in [-0.4, -0.2) is 11.7 Å². The van der Waals surface area contributed by atoms with Gasteiger partial charge in [0.15, 0.2) is 0 Å². The first-order valence-corrected chi connectivity index (χ1v) is 3.85. The van der Waals surface area contributed by atoms with Gasteiger partial charge < -0.3 is 4.84 Å². The minimum Gasteiger partial charge on any atom is -0.319 e. The zero-order valence-electron chi connectivity index (χ0n) is 6.91. The number of hydrogen-bond acceptors (Lipinski definition) is 4. The quantitative estimate of drug-likeness (QED) is 0.434. The molecule has 12 heavy (non-hydrogen) atoms. The molecule has 0 bridgehead atoms. The molecule has 0 saturated heterocycles. The first-order chi connectivity index (χ1) is 5.72. The molecule has 1 atom stereocenters. The van der Waals surface area contributed by atoms with E-state index in [0.717, 1.165) is 18.6 Å². The number of carbonyl (C=O) groups is 1. The van der Waals surface area contributed by atoms with Gasteiger partial charge in [0.25, 0.3) is 0 Å². The van der Waals surface area contributed by atoms with Gasteiger partial charge in [0.05, 0.1) is 17.7 Å². The predicted molar refractivity (Wildman–Crippen MR) is 42.2 cm³/mol. The van der Waals surface area contributed by atoms with Crippen molar-refractivity contribution in [2.75, 3.05) is 0 Å². The van der Waals surface area contributed by atoms with Gasteiger partial charge in [0.1, 0.15) is 0 Å². The second-order valence-electron chi connectivity index (χ2n) is 2.81. The molecule has 1 fully saturated rings. The number of hydrogen-bond donors (Lipinski definition) is 0. The van der Waals surface area contributed by atoms with Crippen LogP contribution in [0.1, 0.15) is 26.2 Å². The van der Waals surface area contributed by atoms with Crippen LogP contribution in [0.3, 0.4) is 0 Å². The molecule has 1 rings (SSSR count). The summed E-state index contributed by atoms with van der Waals surface area (Å²) in [4.78, 5) is 14.8. The smallest absolute Gasteiger partial charge is 0.319 e. The lowest BCUT2D eigenvalue weighted by molar-refractivity contribution is -0.140. The molecular weight excluding hydrogens is 156 g/mol. The summed E-state index contributed by atoms with van der Waals surface area (Å²) in [6.45, 7) is 1.31. The molecule has 0 amide bonds. The highest BCUT2D eigenvalue weighted by atomic mass is 16.7. The largest absolute Gasteiger partial charge is 0.331 e. The first-order valence-electron chi connectivity index (χ1n) is 3.85. The maximum absolute atomic E-state index is 10.4. The Bertz CT molecular complexity index is 252. The third kappa shape index (κ3) is 2.35. The van der Waals surface area contributed by atoms with Crippen molar-refractivity contribution in [2.24, 2.45) is 11.1 Å². The Morgan fingerprint density at radius 1 is 1.83 bits per heavy atom. The lowest BCUT2D eigenvalue weighted by Gasteiger charge is -1.93. The SMILES string of the molecule is CC(=O)O/N=C1\CCC(C#N)C1. The average molecular weight is 166 g/mol. The number of carbonyl (C=O) groups excluding carboxylic acids is 1. The molecule has 1 saturated carbocycles. The summed E-state index contributed by atoms with van der Waals surface area (Å²) >= 11 is 0. The van der Waals surface area contributed by atoms with Crippen LogP contribution in [0.2, 0.25) is 0 Å². The Balaban J connectivity index is 2.42. The van der Waals surface area contributed by atoms with E-state index < -0.39 is 5.97 Å². The van der Waals surface area contributed by atoms with E-state index in [1.165, 1.54) is 6.92 Å². The van der Waals surface area contributed by atoms with E-state index in [9.17, 15) is 4.79 Å². The van der Waals surface area contributed by atoms with E-state index in [0.29, 0.717) is 6.42 Å². The minimum absolute atomic E-state index is 0.0549. The first kappa shape index (κ1) is 8.72. The van der Waals surface area contributed by atoms with Crippen molar-refractivity contribution in [3.63, 3.8) is 0 Å². The van der Waals surface area contributed by atoms with Crippen LogP contribution >= 0.6 is 0 Å². The van der Waals surface area contributed by atoms with E-state index in [1.54, 1.807) is 0 Å². The molecule has 0 aromatic carbocycles. The van der Waals surface area contributed by atoms with Crippen LogP contribution in [0, 0.1) is 17.2 Å². The van der Waals surface area contributed by atoms with Gasteiger partial charge in [0.2, 0.25) is 0 Å². The monoisotopic (exact) mass is 166 g/mol. The molecule has 0 spiro atoms. The van der Waals surface area contributed by atoms with Crippen LogP contribution < -0.4 is 0 Å². The highest BCUT2D eigenvalue weighted by Gasteiger charge is 2.20. The Kier molecular flexibility index (Phi) is 2.81. The van der Waals surface area contributed by atoms with E-state index >= 15 is 0 Å². The maximum Gasteiger partial charge on any atom is 0.331 e. The third-order valence-electron chi connectivity index (χ3n) is 1.75. The summed E-state index contributed by atoms with van der Waals surface area (Å²) < 4.78 is 0. The van der Waals surface area contributed by atoms with Crippen molar-refractivity contribution in [2.45, 2.75) is 26.2 Å². The van der Waals surface area contributed by atoms with Crippen molar-refractivity contribution in [3.8, 4) is 6.07 Å². The fourth-order valence-corrected chi connectivity index (χ4v) is 1.15. The lowest BCUT2D eigenvalue weighted by atomic mass is 10.1. The topological polar surface area (TPSA) is 62.4 Å². The molecule has 0 radical (unpaired) electrons. The van der Waals surface area contributed by atoms with Crippen molar-refractivity contribution in [1.82, 2.24) is 0 Å². The van der Waals surface area contributed by atoms with Gasteiger partial charge in [-0.05, 0) is 12.8 Å². The van der Waals surface area contributed by atoms with E-state index in [-0.39, 0.29) is 5.92 Å². The van der Waals surface area contributed by atoms with Crippen molar-refractivity contribution >= 4 is 11.7 Å². The summed E-state index contributed by atoms with van der Waals surface area (Å²) in [5.41, 5.74) is 0.816. The maximum atomic E-state index is 10.4. The Hall–Kier alpha value is -1.37. The summed E-state index contributed by atoms with van der Waals surface area (Å²) in [5.74, 6) is -0.359. The van der Waals surface area contributed by atoms with Crippen LogP contribution in [0.15, 0.2) is 5.16 Å². The van der Waals surface area contributed by atoms with Gasteiger partial charge in [-0.2, -0.15) is 5.26 Å². The Labute approximate surface area is 70.8 Å². The van der Waals surface area contributed by atoms with E-state index in [2.05, 4.69) is 16.1 Å². The van der Waals surface area contributed by atoms with Crippen molar-refractivity contribution in [1.29, 1.82) is 5.26 Å². The van der Waals surface area contributed by atoms with Gasteiger partial charge in [-0.3, -0.25) is 0 Å². The fourth-order valence-electron chi connectivity index (χ4n) is 1.15. The zero-order valence-corrected chi connectivity index (χ0v) is 6.91. The molecule has 0 heterocycles. The number of rotatable bonds is 1. The summed E-state index contributed by atoms with van der Waals surface area (Å²) in [6.07, 6.45) is 2.24. The minimum atomic E-state index is -0.414. The Morgan fingerprint density at radius 3 is 3.08 bits per heavy atom. The van der Waals surface area contributed by atoms with Gasteiger partial charge in [-0.1, -0.05) is 5.16 Å². The second-order valence-corrected chi connectivity index (χ2v) is 2.81. The lowest BCUT2D eigenvalue weighted by Crippen LogP contribution is -1.97. The van der Waals surface area contributed by atoms with Crippen molar-refractivity contribution in [3.05, 3.63) is 0 Å². The summed E-state index contributed by atoms with van der Waals surface area (Å²) in [7, 11) is 0. The van der Waals surface area contributed by atoms with Gasteiger partial charge in [-0.25, -0.2) is 4.79 Å². The molecule has 0 aliphatic heterocycles. The fraction of sp³-hybridized carbons (Fsp3) is 0.625. The number of oxime groups is 1. The summed E-state index contributed by atoms with van der Waals surface area (Å²) in [6, 6.07) is 2.16. The predicted octanol–water partition coefficient (Wildman–Crippen LogP) is 1.23. The van der Waals surface area contributed by atoms with Crippen LogP contribution in [0.5, 0.6) is 0 Å². The molecule has 64 valence electrons. The third-order valence-corrected chi connectivity index (χ3v) is 1.75. The normalized spacial score (nSPS) is 25.3. The molecule has 1 aliphatic carbocycles. The zero-order chi connectivity index (χ0) is 8.97. The second kappa shape index (κ2) is 3.86. The highest BCUT2D eigenvalue weighted by Crippen LogP contribution is 2.21. The molecule has 0 aromatic rings. The van der Waals surface area contributed by atoms with Crippen molar-refractivity contribution < 1.29 is 9.63 Å².